The van der Waals surface area contributed by atoms with Gasteiger partial charge in [0.05, 0.1) is 4.99 Å². The molecule has 118 valence electrons. The molecule has 7 heteroatoms. The summed E-state index contributed by atoms with van der Waals surface area (Å²) in [5.41, 5.74) is 5.57. The van der Waals surface area contributed by atoms with Crippen LogP contribution in [0.1, 0.15) is 33.6 Å². The third-order valence-corrected chi connectivity index (χ3v) is 7.81. The van der Waals surface area contributed by atoms with Crippen molar-refractivity contribution in [2.45, 2.75) is 39.0 Å². The third-order valence-electron chi connectivity index (χ3n) is 3.92. The summed E-state index contributed by atoms with van der Waals surface area (Å²) in [4.78, 5) is 2.65. The lowest BCUT2D eigenvalue weighted by atomic mass is 9.88. The van der Waals surface area contributed by atoms with E-state index in [2.05, 4.69) is 4.90 Å². The average molecular weight is 339 g/mol. The molecule has 0 spiro atoms. The van der Waals surface area contributed by atoms with Gasteiger partial charge in [-0.25, -0.2) is 8.42 Å². The van der Waals surface area contributed by atoms with Crippen LogP contribution < -0.4 is 5.73 Å². The number of nitrogens with zero attached hydrogens (tertiary/aromatic N) is 1. The van der Waals surface area contributed by atoms with E-state index in [-0.39, 0.29) is 16.5 Å². The summed E-state index contributed by atoms with van der Waals surface area (Å²) in [5.74, 6) is 1.91. The number of sulfone groups is 1. The number of hydrogen-bond acceptors (Lipinski definition) is 5. The van der Waals surface area contributed by atoms with Crippen LogP contribution in [-0.4, -0.2) is 54.0 Å². The van der Waals surface area contributed by atoms with Gasteiger partial charge in [0.1, 0.15) is 5.37 Å². The molecule has 4 nitrogen and oxygen atoms in total. The summed E-state index contributed by atoms with van der Waals surface area (Å²) < 4.78 is 24.3. The van der Waals surface area contributed by atoms with Crippen molar-refractivity contribution in [2.24, 2.45) is 11.1 Å². The third kappa shape index (κ3) is 4.86. The quantitative estimate of drug-likeness (QED) is 0.715. The molecule has 20 heavy (non-hydrogen) atoms. The van der Waals surface area contributed by atoms with E-state index in [9.17, 15) is 8.42 Å². The highest BCUT2D eigenvalue weighted by Gasteiger charge is 2.32. The molecule has 1 fully saturated rings. The fourth-order valence-electron chi connectivity index (χ4n) is 2.24. The lowest BCUT2D eigenvalue weighted by Gasteiger charge is -2.35. The van der Waals surface area contributed by atoms with E-state index in [4.69, 9.17) is 18.0 Å². The molecule has 1 unspecified atom stereocenters. The second-order valence-corrected chi connectivity index (χ2v) is 9.91. The fourth-order valence-corrected chi connectivity index (χ4v) is 5.45. The maximum atomic E-state index is 12.1. The Morgan fingerprint density at radius 1 is 1.50 bits per heavy atom. The molecular formula is C13H26N2O2S3. The van der Waals surface area contributed by atoms with Crippen LogP contribution in [-0.2, 0) is 9.84 Å². The second-order valence-electron chi connectivity index (χ2n) is 5.87. The van der Waals surface area contributed by atoms with Crippen molar-refractivity contribution >= 4 is 38.8 Å². The largest absolute Gasteiger partial charge is 0.393 e. The first-order valence-electron chi connectivity index (χ1n) is 7.04. The van der Waals surface area contributed by atoms with Crippen LogP contribution in [0.5, 0.6) is 0 Å². The summed E-state index contributed by atoms with van der Waals surface area (Å²) in [7, 11) is -3.00. The van der Waals surface area contributed by atoms with Gasteiger partial charge in [-0.2, -0.15) is 11.8 Å². The smallest absolute Gasteiger partial charge is 0.166 e. The van der Waals surface area contributed by atoms with E-state index in [0.717, 1.165) is 31.7 Å². The molecule has 0 aromatic rings. The first kappa shape index (κ1) is 18.2. The Labute approximate surface area is 132 Å². The van der Waals surface area contributed by atoms with Crippen LogP contribution in [0.15, 0.2) is 0 Å². The number of hydrogen-bond donors (Lipinski definition) is 1. The molecule has 0 bridgehead atoms. The Hall–Kier alpha value is 0.150. The molecule has 0 amide bonds. The minimum atomic E-state index is -3.00. The van der Waals surface area contributed by atoms with Gasteiger partial charge in [0.15, 0.2) is 9.84 Å². The van der Waals surface area contributed by atoms with E-state index in [0.29, 0.717) is 10.7 Å². The summed E-state index contributed by atoms with van der Waals surface area (Å²) in [6, 6.07) is 0. The van der Waals surface area contributed by atoms with Crippen molar-refractivity contribution in [3.05, 3.63) is 0 Å². The maximum absolute atomic E-state index is 12.1. The lowest BCUT2D eigenvalue weighted by Crippen LogP contribution is -2.48. The van der Waals surface area contributed by atoms with Crippen LogP contribution >= 0.6 is 24.0 Å². The van der Waals surface area contributed by atoms with Crippen LogP contribution in [0, 0.1) is 5.41 Å². The Morgan fingerprint density at radius 3 is 2.70 bits per heavy atom. The molecular weight excluding hydrogens is 312 g/mol. The Kier molecular flexibility index (Phi) is 6.76. The Bertz CT molecular complexity index is 435. The van der Waals surface area contributed by atoms with Crippen molar-refractivity contribution in [3.8, 4) is 0 Å². The van der Waals surface area contributed by atoms with Gasteiger partial charge < -0.3 is 5.73 Å². The van der Waals surface area contributed by atoms with E-state index >= 15 is 0 Å². The SMILES string of the molecule is CCS(=O)(=O)C1CSCCN1CCCC(C)(C)C(N)=S. The standard InChI is InChI=1S/C13H26N2O2S3/c1-4-20(16,17)11-10-19-9-8-15(11)7-5-6-13(2,3)12(14)18/h11H,4-10H2,1-3H3,(H2,14,18). The molecule has 1 rings (SSSR count). The summed E-state index contributed by atoms with van der Waals surface area (Å²) in [6.45, 7) is 7.46. The first-order valence-corrected chi connectivity index (χ1v) is 10.3. The first-order chi connectivity index (χ1) is 9.20. The van der Waals surface area contributed by atoms with Crippen molar-refractivity contribution in [1.82, 2.24) is 4.90 Å². The van der Waals surface area contributed by atoms with Gasteiger partial charge in [-0.05, 0) is 19.4 Å². The lowest BCUT2D eigenvalue weighted by molar-refractivity contribution is 0.254. The van der Waals surface area contributed by atoms with Crippen molar-refractivity contribution in [3.63, 3.8) is 0 Å². The normalized spacial score (nSPS) is 21.9. The number of rotatable bonds is 7. The zero-order valence-corrected chi connectivity index (χ0v) is 15.0. The van der Waals surface area contributed by atoms with Crippen LogP contribution in [0.4, 0.5) is 0 Å². The minimum absolute atomic E-state index is 0.154. The molecule has 1 atom stereocenters. The zero-order chi connectivity index (χ0) is 15.4. The maximum Gasteiger partial charge on any atom is 0.166 e. The van der Waals surface area contributed by atoms with Crippen LogP contribution in [0.2, 0.25) is 0 Å². The van der Waals surface area contributed by atoms with Gasteiger partial charge in [0.25, 0.3) is 0 Å². The van der Waals surface area contributed by atoms with E-state index in [1.54, 1.807) is 18.7 Å². The molecule has 1 heterocycles. The van der Waals surface area contributed by atoms with Gasteiger partial charge in [0, 0.05) is 29.2 Å². The van der Waals surface area contributed by atoms with E-state index < -0.39 is 9.84 Å². The van der Waals surface area contributed by atoms with Gasteiger partial charge in [-0.15, -0.1) is 0 Å². The number of thiocarbonyl (C=S) groups is 1. The average Bonchev–Trinajstić information content (AvgIpc) is 2.38. The van der Waals surface area contributed by atoms with Crippen LogP contribution in [0.25, 0.3) is 0 Å². The van der Waals surface area contributed by atoms with Crippen molar-refractivity contribution < 1.29 is 8.42 Å². The molecule has 1 saturated heterocycles. The van der Waals surface area contributed by atoms with Gasteiger partial charge in [-0.3, -0.25) is 4.90 Å². The molecule has 1 aliphatic rings. The molecule has 0 aromatic carbocycles. The predicted molar refractivity (Wildman–Crippen MR) is 91.9 cm³/mol. The molecule has 0 aromatic heterocycles. The highest BCUT2D eigenvalue weighted by molar-refractivity contribution is 8.01. The van der Waals surface area contributed by atoms with Gasteiger partial charge >= 0.3 is 0 Å². The Balaban J connectivity index is 2.58. The summed E-state index contributed by atoms with van der Waals surface area (Å²) >= 11 is 6.80. The van der Waals surface area contributed by atoms with Crippen LogP contribution in [0.3, 0.4) is 0 Å². The fraction of sp³-hybridized carbons (Fsp3) is 0.923. The topological polar surface area (TPSA) is 63.4 Å². The predicted octanol–water partition coefficient (Wildman–Crippen LogP) is 1.89. The molecule has 0 radical (unpaired) electrons. The molecule has 0 saturated carbocycles. The van der Waals surface area contributed by atoms with Crippen molar-refractivity contribution in [2.75, 3.05) is 30.3 Å². The van der Waals surface area contributed by atoms with Gasteiger partial charge in [0.2, 0.25) is 0 Å². The molecule has 0 aliphatic carbocycles. The van der Waals surface area contributed by atoms with Crippen molar-refractivity contribution in [1.29, 1.82) is 0 Å². The van der Waals surface area contributed by atoms with E-state index in [1.807, 2.05) is 13.8 Å². The molecule has 2 N–H and O–H groups in total. The summed E-state index contributed by atoms with van der Waals surface area (Å²) in [5, 5.41) is -0.320. The number of thioether (sulfide) groups is 1. The highest BCUT2D eigenvalue weighted by atomic mass is 32.2. The number of nitrogens with two attached hydrogens (primary N) is 1. The summed E-state index contributed by atoms with van der Waals surface area (Å²) in [6.07, 6.45) is 1.82. The minimum Gasteiger partial charge on any atom is -0.393 e. The van der Waals surface area contributed by atoms with E-state index in [1.165, 1.54) is 0 Å². The molecule has 1 aliphatic heterocycles. The highest BCUT2D eigenvalue weighted by Crippen LogP contribution is 2.25. The zero-order valence-electron chi connectivity index (χ0n) is 12.6. The van der Waals surface area contributed by atoms with Gasteiger partial charge in [-0.1, -0.05) is 33.0 Å². The Morgan fingerprint density at radius 2 is 2.15 bits per heavy atom. The second kappa shape index (κ2) is 7.42. The monoisotopic (exact) mass is 338 g/mol.